The Morgan fingerprint density at radius 3 is 2.83 bits per heavy atom. The van der Waals surface area contributed by atoms with Crippen molar-refractivity contribution in [2.24, 2.45) is 7.05 Å². The molecule has 1 unspecified atom stereocenters. The van der Waals surface area contributed by atoms with Crippen molar-refractivity contribution in [1.29, 1.82) is 0 Å². The van der Waals surface area contributed by atoms with Gasteiger partial charge in [0.2, 0.25) is 0 Å². The lowest BCUT2D eigenvalue weighted by molar-refractivity contribution is 0.0892. The van der Waals surface area contributed by atoms with E-state index in [2.05, 4.69) is 50.4 Å². The molecule has 122 valence electrons. The van der Waals surface area contributed by atoms with Gasteiger partial charge >= 0.3 is 0 Å². The number of carbonyl (C=O) groups excluding carboxylic acids is 1. The number of aryl methyl sites for hydroxylation is 1. The predicted molar refractivity (Wildman–Crippen MR) is 95.3 cm³/mol. The number of piperidine rings is 1. The van der Waals surface area contributed by atoms with Crippen LogP contribution in [0.2, 0.25) is 0 Å². The van der Waals surface area contributed by atoms with Crippen LogP contribution in [0.25, 0.3) is 0 Å². The zero-order valence-electron chi connectivity index (χ0n) is 13.3. The summed E-state index contributed by atoms with van der Waals surface area (Å²) in [6.07, 6.45) is 4.06. The molecule has 1 aromatic carbocycles. The molecule has 4 nitrogen and oxygen atoms in total. The maximum Gasteiger partial charge on any atom is 0.268 e. The molecule has 2 aromatic rings. The van der Waals surface area contributed by atoms with Crippen LogP contribution in [-0.2, 0) is 13.6 Å². The van der Waals surface area contributed by atoms with E-state index in [1.807, 2.05) is 29.9 Å². The first-order valence-electron chi connectivity index (χ1n) is 8.01. The Hall–Kier alpha value is -1.59. The molecule has 1 atom stereocenters. The number of halogens is 1. The number of carbonyl (C=O) groups is 1. The summed E-state index contributed by atoms with van der Waals surface area (Å²) in [5.74, 6) is 0.00441. The number of amides is 1. The molecule has 1 saturated heterocycles. The average molecular weight is 376 g/mol. The summed E-state index contributed by atoms with van der Waals surface area (Å²) in [6.45, 7) is 2.95. The van der Waals surface area contributed by atoms with Crippen LogP contribution in [0.3, 0.4) is 0 Å². The fraction of sp³-hybridized carbons (Fsp3) is 0.389. The van der Waals surface area contributed by atoms with Gasteiger partial charge in [-0.3, -0.25) is 9.69 Å². The van der Waals surface area contributed by atoms with Gasteiger partial charge < -0.3 is 9.88 Å². The second-order valence-corrected chi connectivity index (χ2v) is 7.10. The lowest BCUT2D eigenvalue weighted by Gasteiger charge is -2.33. The van der Waals surface area contributed by atoms with Gasteiger partial charge in [0.05, 0.1) is 0 Å². The van der Waals surface area contributed by atoms with Gasteiger partial charge in [0.25, 0.3) is 5.91 Å². The molecule has 1 fully saturated rings. The van der Waals surface area contributed by atoms with Crippen molar-refractivity contribution < 1.29 is 4.79 Å². The predicted octanol–water partition coefficient (Wildman–Crippen LogP) is 3.18. The van der Waals surface area contributed by atoms with E-state index < -0.39 is 0 Å². The van der Waals surface area contributed by atoms with E-state index in [1.165, 1.54) is 5.56 Å². The highest BCUT2D eigenvalue weighted by Crippen LogP contribution is 2.16. The van der Waals surface area contributed by atoms with Crippen LogP contribution in [0.4, 0.5) is 0 Å². The molecule has 5 heteroatoms. The standard InChI is InChI=1S/C18H22BrN3O/c1-21-12-15(19)10-17(21)18(23)20-16-8-5-9-22(13-16)11-14-6-3-2-4-7-14/h2-4,6-7,10,12,16H,5,8-9,11,13H2,1H3,(H,20,23). The minimum absolute atomic E-state index is 0.00441. The van der Waals surface area contributed by atoms with E-state index in [1.54, 1.807) is 0 Å². The monoisotopic (exact) mass is 375 g/mol. The van der Waals surface area contributed by atoms with E-state index in [0.717, 1.165) is 36.9 Å². The van der Waals surface area contributed by atoms with E-state index >= 15 is 0 Å². The number of benzene rings is 1. The maximum absolute atomic E-state index is 12.4. The first-order valence-corrected chi connectivity index (χ1v) is 8.80. The number of hydrogen-bond donors (Lipinski definition) is 1. The topological polar surface area (TPSA) is 37.3 Å². The highest BCUT2D eigenvalue weighted by atomic mass is 79.9. The van der Waals surface area contributed by atoms with Gasteiger partial charge in [0.15, 0.2) is 0 Å². The molecule has 1 amide bonds. The molecule has 0 radical (unpaired) electrons. The highest BCUT2D eigenvalue weighted by molar-refractivity contribution is 9.10. The lowest BCUT2D eigenvalue weighted by atomic mass is 10.0. The fourth-order valence-corrected chi connectivity index (χ4v) is 3.69. The summed E-state index contributed by atoms with van der Waals surface area (Å²) in [4.78, 5) is 14.9. The molecular weight excluding hydrogens is 354 g/mol. The van der Waals surface area contributed by atoms with Crippen molar-refractivity contribution in [2.45, 2.75) is 25.4 Å². The number of aromatic nitrogens is 1. The molecule has 1 aromatic heterocycles. The van der Waals surface area contributed by atoms with E-state index in [4.69, 9.17) is 0 Å². The first kappa shape index (κ1) is 16.3. The SMILES string of the molecule is Cn1cc(Br)cc1C(=O)NC1CCCN(Cc2ccccc2)C1. The Morgan fingerprint density at radius 2 is 2.13 bits per heavy atom. The Balaban J connectivity index is 1.58. The van der Waals surface area contributed by atoms with Crippen molar-refractivity contribution in [2.75, 3.05) is 13.1 Å². The van der Waals surface area contributed by atoms with Gasteiger partial charge in [-0.05, 0) is 46.9 Å². The summed E-state index contributed by atoms with van der Waals surface area (Å²) in [5, 5.41) is 3.18. The third-order valence-corrected chi connectivity index (χ3v) is 4.73. The summed E-state index contributed by atoms with van der Waals surface area (Å²) in [7, 11) is 1.89. The molecule has 1 aliphatic rings. The van der Waals surface area contributed by atoms with Crippen LogP contribution >= 0.6 is 15.9 Å². The average Bonchev–Trinajstić information content (AvgIpc) is 2.87. The van der Waals surface area contributed by atoms with Gasteiger partial charge in [-0.25, -0.2) is 0 Å². The molecule has 23 heavy (non-hydrogen) atoms. The van der Waals surface area contributed by atoms with E-state index in [0.29, 0.717) is 5.69 Å². The lowest BCUT2D eigenvalue weighted by Crippen LogP contribution is -2.47. The molecule has 3 rings (SSSR count). The Kier molecular flexibility index (Phi) is 5.18. The van der Waals surface area contributed by atoms with Crippen molar-refractivity contribution in [3.05, 3.63) is 58.3 Å². The van der Waals surface area contributed by atoms with Crippen LogP contribution < -0.4 is 5.32 Å². The summed E-state index contributed by atoms with van der Waals surface area (Å²) < 4.78 is 2.78. The van der Waals surface area contributed by atoms with Crippen LogP contribution in [0.15, 0.2) is 47.1 Å². The molecule has 2 heterocycles. The molecule has 0 saturated carbocycles. The smallest absolute Gasteiger partial charge is 0.268 e. The Labute approximate surface area is 145 Å². The summed E-state index contributed by atoms with van der Waals surface area (Å²) in [6, 6.07) is 12.6. The fourth-order valence-electron chi connectivity index (χ4n) is 3.17. The van der Waals surface area contributed by atoms with Gasteiger partial charge in [0.1, 0.15) is 5.69 Å². The van der Waals surface area contributed by atoms with Gasteiger partial charge in [-0.1, -0.05) is 30.3 Å². The van der Waals surface area contributed by atoms with Crippen molar-refractivity contribution in [3.8, 4) is 0 Å². The minimum atomic E-state index is 0.00441. The normalized spacial score (nSPS) is 18.8. The Morgan fingerprint density at radius 1 is 1.35 bits per heavy atom. The number of likely N-dealkylation sites (tertiary alicyclic amines) is 1. The molecule has 0 spiro atoms. The molecular formula is C18H22BrN3O. The van der Waals surface area contributed by atoms with Crippen molar-refractivity contribution >= 4 is 21.8 Å². The zero-order chi connectivity index (χ0) is 16.2. The molecule has 0 aliphatic carbocycles. The van der Waals surface area contributed by atoms with Gasteiger partial charge in [-0.15, -0.1) is 0 Å². The third-order valence-electron chi connectivity index (χ3n) is 4.29. The first-order chi connectivity index (χ1) is 11.1. The minimum Gasteiger partial charge on any atom is -0.347 e. The van der Waals surface area contributed by atoms with Crippen molar-refractivity contribution in [1.82, 2.24) is 14.8 Å². The van der Waals surface area contributed by atoms with Crippen LogP contribution in [0.5, 0.6) is 0 Å². The van der Waals surface area contributed by atoms with E-state index in [-0.39, 0.29) is 11.9 Å². The number of nitrogens with one attached hydrogen (secondary N) is 1. The number of rotatable bonds is 4. The quantitative estimate of drug-likeness (QED) is 0.890. The third kappa shape index (κ3) is 4.24. The summed E-state index contributed by atoms with van der Waals surface area (Å²) >= 11 is 3.41. The Bertz CT molecular complexity index is 668. The number of hydrogen-bond acceptors (Lipinski definition) is 2. The van der Waals surface area contributed by atoms with Crippen LogP contribution in [-0.4, -0.2) is 34.5 Å². The van der Waals surface area contributed by atoms with Gasteiger partial charge in [-0.2, -0.15) is 0 Å². The molecule has 1 aliphatic heterocycles. The highest BCUT2D eigenvalue weighted by Gasteiger charge is 2.22. The number of nitrogens with zero attached hydrogens (tertiary/aromatic N) is 2. The molecule has 1 N–H and O–H groups in total. The van der Waals surface area contributed by atoms with Gasteiger partial charge in [0, 0.05) is 36.8 Å². The largest absolute Gasteiger partial charge is 0.347 e. The van der Waals surface area contributed by atoms with Crippen molar-refractivity contribution in [3.63, 3.8) is 0 Å². The maximum atomic E-state index is 12.4. The van der Waals surface area contributed by atoms with Crippen LogP contribution in [0.1, 0.15) is 28.9 Å². The zero-order valence-corrected chi connectivity index (χ0v) is 14.9. The van der Waals surface area contributed by atoms with E-state index in [9.17, 15) is 4.79 Å². The summed E-state index contributed by atoms with van der Waals surface area (Å²) in [5.41, 5.74) is 2.02. The second-order valence-electron chi connectivity index (χ2n) is 6.19. The second kappa shape index (κ2) is 7.32. The van der Waals surface area contributed by atoms with Crippen LogP contribution in [0, 0.1) is 0 Å². The molecule has 0 bridgehead atoms.